The van der Waals surface area contributed by atoms with E-state index in [0.29, 0.717) is 0 Å². The van der Waals surface area contributed by atoms with Crippen LogP contribution in [-0.2, 0) is 19.9 Å². The molecule has 114 valence electrons. The van der Waals surface area contributed by atoms with Crippen molar-refractivity contribution >= 4 is 42.4 Å². The fourth-order valence-corrected chi connectivity index (χ4v) is 5.21. The zero-order chi connectivity index (χ0) is 15.7. The molecule has 0 unspecified atom stereocenters. The van der Waals surface area contributed by atoms with Crippen LogP contribution in [0.5, 0.6) is 0 Å². The molecule has 20 heavy (non-hydrogen) atoms. The Morgan fingerprint density at radius 2 is 1.85 bits per heavy atom. The van der Waals surface area contributed by atoms with Gasteiger partial charge in [0.15, 0.2) is 0 Å². The molecule has 0 aliphatic rings. The molecule has 0 aliphatic heterocycles. The molecule has 1 aromatic rings. The van der Waals surface area contributed by atoms with E-state index in [0.717, 1.165) is 22.1 Å². The molecule has 0 radical (unpaired) electrons. The van der Waals surface area contributed by atoms with Crippen LogP contribution in [0.4, 0.5) is 5.00 Å². The van der Waals surface area contributed by atoms with Crippen molar-refractivity contribution in [3.05, 3.63) is 11.3 Å². The average molecular weight is 342 g/mol. The zero-order valence-electron chi connectivity index (χ0n) is 11.0. The molecule has 11 heteroatoms. The van der Waals surface area contributed by atoms with Crippen molar-refractivity contribution in [2.45, 2.75) is 6.92 Å². The van der Waals surface area contributed by atoms with Gasteiger partial charge in [0.25, 0.3) is 0 Å². The number of carboxylic acids is 1. The molecule has 1 rings (SSSR count). The van der Waals surface area contributed by atoms with Gasteiger partial charge in [0.2, 0.25) is 10.0 Å². The van der Waals surface area contributed by atoms with Crippen molar-refractivity contribution in [2.24, 2.45) is 0 Å². The van der Waals surface area contributed by atoms with Crippen molar-refractivity contribution < 1.29 is 26.7 Å². The maximum Gasteiger partial charge on any atom is 0.340 e. The van der Waals surface area contributed by atoms with Crippen molar-refractivity contribution in [3.8, 4) is 0 Å². The molecular formula is C9H14N2O6S3. The lowest BCUT2D eigenvalue weighted by atomic mass is 10.2. The fourth-order valence-electron chi connectivity index (χ4n) is 1.34. The summed E-state index contributed by atoms with van der Waals surface area (Å²) in [5.74, 6) is -2.42. The minimum atomic E-state index is -3.93. The second-order valence-electron chi connectivity index (χ2n) is 4.17. The highest BCUT2D eigenvalue weighted by Gasteiger charge is 2.28. The standard InChI is InChI=1S/C9H14N2O6S3/c1-6-7(9(12)13)8(18-10-6)11(2)20(16,17)5-4-19(3,14)15/h4-5H2,1-3H3,(H,12,13). The van der Waals surface area contributed by atoms with Crippen LogP contribution in [0.2, 0.25) is 0 Å². The monoisotopic (exact) mass is 342 g/mol. The van der Waals surface area contributed by atoms with Crippen LogP contribution in [0.25, 0.3) is 0 Å². The number of rotatable bonds is 6. The molecule has 0 bridgehead atoms. The molecule has 0 amide bonds. The second-order valence-corrected chi connectivity index (χ2v) is 9.30. The highest BCUT2D eigenvalue weighted by atomic mass is 32.2. The van der Waals surface area contributed by atoms with Crippen LogP contribution in [0, 0.1) is 6.92 Å². The number of hydrogen-bond donors (Lipinski definition) is 1. The van der Waals surface area contributed by atoms with Gasteiger partial charge in [-0.15, -0.1) is 0 Å². The predicted octanol–water partition coefficient (Wildman–Crippen LogP) is -0.0397. The largest absolute Gasteiger partial charge is 0.478 e. The summed E-state index contributed by atoms with van der Waals surface area (Å²) in [4.78, 5) is 11.1. The summed E-state index contributed by atoms with van der Waals surface area (Å²) >= 11 is 0.739. The number of aromatic nitrogens is 1. The third kappa shape index (κ3) is 3.90. The lowest BCUT2D eigenvalue weighted by Gasteiger charge is -2.17. The third-order valence-electron chi connectivity index (χ3n) is 2.47. The maximum absolute atomic E-state index is 12.0. The van der Waals surface area contributed by atoms with Gasteiger partial charge in [-0.1, -0.05) is 0 Å². The number of sulfone groups is 1. The van der Waals surface area contributed by atoms with Gasteiger partial charge in [-0.25, -0.2) is 21.6 Å². The SMILES string of the molecule is Cc1nsc(N(C)S(=O)(=O)CCS(C)(=O)=O)c1C(=O)O. The number of aryl methyl sites for hydroxylation is 1. The molecule has 1 N–H and O–H groups in total. The molecule has 0 aliphatic carbocycles. The molecule has 0 fully saturated rings. The van der Waals surface area contributed by atoms with Crippen molar-refractivity contribution in [3.63, 3.8) is 0 Å². The second kappa shape index (κ2) is 5.66. The summed E-state index contributed by atoms with van der Waals surface area (Å²) in [5, 5.41) is 9.02. The number of carboxylic acid groups (broad SMARTS) is 1. The van der Waals surface area contributed by atoms with E-state index >= 15 is 0 Å². The Labute approximate surface area is 121 Å². The first kappa shape index (κ1) is 16.9. The van der Waals surface area contributed by atoms with E-state index in [9.17, 15) is 21.6 Å². The number of sulfonamides is 1. The predicted molar refractivity (Wildman–Crippen MR) is 75.7 cm³/mol. The lowest BCUT2D eigenvalue weighted by molar-refractivity contribution is 0.0697. The van der Waals surface area contributed by atoms with E-state index in [1.165, 1.54) is 14.0 Å². The van der Waals surface area contributed by atoms with Gasteiger partial charge in [-0.05, 0) is 18.5 Å². The molecular weight excluding hydrogens is 328 g/mol. The molecule has 0 spiro atoms. The molecule has 1 aromatic heterocycles. The zero-order valence-corrected chi connectivity index (χ0v) is 13.5. The Hall–Kier alpha value is -1.20. The summed E-state index contributed by atoms with van der Waals surface area (Å²) in [6, 6.07) is 0. The quantitative estimate of drug-likeness (QED) is 0.769. The third-order valence-corrected chi connectivity index (χ3v) is 6.55. The molecule has 8 nitrogen and oxygen atoms in total. The van der Waals surface area contributed by atoms with E-state index in [-0.39, 0.29) is 16.3 Å². The highest BCUT2D eigenvalue weighted by Crippen LogP contribution is 2.29. The van der Waals surface area contributed by atoms with Gasteiger partial charge in [-0.2, -0.15) is 4.37 Å². The van der Waals surface area contributed by atoms with E-state index in [2.05, 4.69) is 4.37 Å². The van der Waals surface area contributed by atoms with Crippen molar-refractivity contribution in [1.82, 2.24) is 4.37 Å². The van der Waals surface area contributed by atoms with Crippen LogP contribution >= 0.6 is 11.5 Å². The van der Waals surface area contributed by atoms with Crippen LogP contribution < -0.4 is 4.31 Å². The van der Waals surface area contributed by atoms with Crippen LogP contribution in [0.15, 0.2) is 0 Å². The van der Waals surface area contributed by atoms with E-state index in [1.54, 1.807) is 0 Å². The van der Waals surface area contributed by atoms with Gasteiger partial charge in [0.05, 0.1) is 17.2 Å². The van der Waals surface area contributed by atoms with Crippen molar-refractivity contribution in [1.29, 1.82) is 0 Å². The highest BCUT2D eigenvalue weighted by molar-refractivity contribution is 7.95. The molecule has 0 atom stereocenters. The van der Waals surface area contributed by atoms with Gasteiger partial charge < -0.3 is 5.11 Å². The van der Waals surface area contributed by atoms with E-state index < -0.39 is 37.3 Å². The van der Waals surface area contributed by atoms with Crippen LogP contribution in [0.1, 0.15) is 16.1 Å². The minimum absolute atomic E-state index is 0.0384. The number of carbonyl (C=O) groups is 1. The Kier molecular flexibility index (Phi) is 4.77. The smallest absolute Gasteiger partial charge is 0.340 e. The van der Waals surface area contributed by atoms with Gasteiger partial charge in [-0.3, -0.25) is 4.31 Å². The number of aromatic carboxylic acids is 1. The minimum Gasteiger partial charge on any atom is -0.478 e. The number of anilines is 1. The Bertz CT molecular complexity index is 719. The van der Waals surface area contributed by atoms with Gasteiger partial charge in [0, 0.05) is 13.3 Å². The summed E-state index contributed by atoms with van der Waals surface area (Å²) in [5.41, 5.74) is 0.0168. The van der Waals surface area contributed by atoms with Gasteiger partial charge in [0.1, 0.15) is 20.4 Å². The molecule has 0 saturated carbocycles. The molecule has 0 aromatic carbocycles. The van der Waals surface area contributed by atoms with Crippen molar-refractivity contribution in [2.75, 3.05) is 29.1 Å². The fraction of sp³-hybridized carbons (Fsp3) is 0.556. The molecule has 1 heterocycles. The lowest BCUT2D eigenvalue weighted by Crippen LogP contribution is -2.32. The Balaban J connectivity index is 3.12. The average Bonchev–Trinajstić information content (AvgIpc) is 2.66. The van der Waals surface area contributed by atoms with E-state index in [1.807, 2.05) is 0 Å². The summed E-state index contributed by atoms with van der Waals surface area (Å²) < 4.78 is 50.7. The number of hydrogen-bond acceptors (Lipinski definition) is 7. The Morgan fingerprint density at radius 3 is 2.30 bits per heavy atom. The Morgan fingerprint density at radius 1 is 1.30 bits per heavy atom. The van der Waals surface area contributed by atoms with Gasteiger partial charge >= 0.3 is 5.97 Å². The molecule has 0 saturated heterocycles. The number of nitrogens with zero attached hydrogens (tertiary/aromatic N) is 2. The normalized spacial score (nSPS) is 12.3. The summed E-state index contributed by atoms with van der Waals surface area (Å²) in [6.07, 6.45) is 0.933. The summed E-state index contributed by atoms with van der Waals surface area (Å²) in [7, 11) is -6.18. The van der Waals surface area contributed by atoms with E-state index in [4.69, 9.17) is 5.11 Å². The topological polar surface area (TPSA) is 122 Å². The maximum atomic E-state index is 12.0. The van der Waals surface area contributed by atoms with Crippen LogP contribution in [0.3, 0.4) is 0 Å². The first-order chi connectivity index (χ1) is 8.96. The van der Waals surface area contributed by atoms with Crippen LogP contribution in [-0.4, -0.2) is 57.1 Å². The first-order valence-corrected chi connectivity index (χ1v) is 9.74. The summed E-state index contributed by atoms with van der Waals surface area (Å²) in [6.45, 7) is 1.46. The first-order valence-electron chi connectivity index (χ1n) is 5.29.